The molecule has 0 bridgehead atoms. The number of unbranched alkanes of at least 4 members (excludes halogenated alkanes) is 1. The Kier molecular flexibility index (Phi) is 11.1. The second kappa shape index (κ2) is 13.0. The molecule has 0 saturated carbocycles. The summed E-state index contributed by atoms with van der Waals surface area (Å²) in [5, 5.41) is 34.7. The first-order valence-electron chi connectivity index (χ1n) is 10.1. The van der Waals surface area contributed by atoms with Gasteiger partial charge in [-0.15, -0.1) is 0 Å². The van der Waals surface area contributed by atoms with E-state index in [-0.39, 0.29) is 12.2 Å². The molecule has 3 atom stereocenters. The van der Waals surface area contributed by atoms with Crippen LogP contribution in [-0.4, -0.2) is 59.0 Å². The van der Waals surface area contributed by atoms with E-state index in [9.17, 15) is 19.8 Å². The van der Waals surface area contributed by atoms with Gasteiger partial charge >= 0.3 is 5.97 Å². The SMILES string of the molecule is CCCCC(O)C(C)NC(=O)C(CC(=O)O)NCCCc1ccc(OC)c(O)c1. The molecule has 3 unspecified atom stereocenters. The van der Waals surface area contributed by atoms with Gasteiger partial charge < -0.3 is 30.7 Å². The molecule has 1 rings (SSSR count). The van der Waals surface area contributed by atoms with E-state index in [0.29, 0.717) is 31.6 Å². The maximum atomic E-state index is 12.5. The Hall–Kier alpha value is -2.32. The first kappa shape index (κ1) is 24.7. The van der Waals surface area contributed by atoms with Crippen LogP contribution in [0.4, 0.5) is 0 Å². The van der Waals surface area contributed by atoms with E-state index in [1.54, 1.807) is 19.1 Å². The molecule has 1 aromatic rings. The van der Waals surface area contributed by atoms with E-state index in [1.165, 1.54) is 7.11 Å². The summed E-state index contributed by atoms with van der Waals surface area (Å²) in [4.78, 5) is 23.6. The van der Waals surface area contributed by atoms with E-state index in [4.69, 9.17) is 9.84 Å². The number of aromatic hydroxyl groups is 1. The maximum Gasteiger partial charge on any atom is 0.305 e. The van der Waals surface area contributed by atoms with Gasteiger partial charge in [0.15, 0.2) is 11.5 Å². The van der Waals surface area contributed by atoms with Crippen LogP contribution >= 0.6 is 0 Å². The van der Waals surface area contributed by atoms with Gasteiger partial charge in [-0.25, -0.2) is 0 Å². The topological polar surface area (TPSA) is 128 Å². The van der Waals surface area contributed by atoms with Crippen molar-refractivity contribution in [2.45, 2.75) is 70.6 Å². The highest BCUT2D eigenvalue weighted by atomic mass is 16.5. The monoisotopic (exact) mass is 410 g/mol. The number of phenolic OH excluding ortho intramolecular Hbond substituents is 1. The van der Waals surface area contributed by atoms with Crippen LogP contribution in [0.1, 0.15) is 51.5 Å². The predicted octanol–water partition coefficient (Wildman–Crippen LogP) is 1.82. The summed E-state index contributed by atoms with van der Waals surface area (Å²) in [6.07, 6.45) is 2.71. The molecule has 1 amide bonds. The minimum absolute atomic E-state index is 0.0664. The molecule has 8 heteroatoms. The number of hydrogen-bond acceptors (Lipinski definition) is 6. The largest absolute Gasteiger partial charge is 0.504 e. The lowest BCUT2D eigenvalue weighted by atomic mass is 10.1. The van der Waals surface area contributed by atoms with Gasteiger partial charge in [0.05, 0.1) is 31.7 Å². The lowest BCUT2D eigenvalue weighted by Gasteiger charge is -2.23. The Bertz CT molecular complexity index is 652. The van der Waals surface area contributed by atoms with Crippen LogP contribution in [0.15, 0.2) is 18.2 Å². The summed E-state index contributed by atoms with van der Waals surface area (Å²) in [7, 11) is 1.48. The number of hydrogen-bond donors (Lipinski definition) is 5. The van der Waals surface area contributed by atoms with Crippen molar-refractivity contribution in [1.29, 1.82) is 0 Å². The molecule has 0 saturated heterocycles. The standard InChI is InChI=1S/C21H34N2O6/c1-4-5-8-17(24)14(2)23-21(28)16(13-20(26)27)22-11-6-7-15-9-10-19(29-3)18(25)12-15/h9-10,12,14,16-17,22,24-25H,4-8,11,13H2,1-3H3,(H,23,28)(H,26,27). The number of carbonyl (C=O) groups is 2. The number of aliphatic carboxylic acids is 1. The summed E-state index contributed by atoms with van der Waals surface area (Å²) >= 11 is 0. The van der Waals surface area contributed by atoms with E-state index >= 15 is 0 Å². The molecule has 8 nitrogen and oxygen atoms in total. The predicted molar refractivity (Wildman–Crippen MR) is 110 cm³/mol. The molecule has 1 aromatic carbocycles. The van der Waals surface area contributed by atoms with Gasteiger partial charge in [-0.05, 0) is 50.4 Å². The average Bonchev–Trinajstić information content (AvgIpc) is 2.68. The van der Waals surface area contributed by atoms with Crippen LogP contribution in [0.3, 0.4) is 0 Å². The molecular weight excluding hydrogens is 376 g/mol. The number of carboxylic acids is 1. The fourth-order valence-corrected chi connectivity index (χ4v) is 2.98. The molecule has 0 aromatic heterocycles. The summed E-state index contributed by atoms with van der Waals surface area (Å²) in [6.45, 7) is 4.17. The number of amides is 1. The van der Waals surface area contributed by atoms with Crippen LogP contribution in [0.2, 0.25) is 0 Å². The lowest BCUT2D eigenvalue weighted by molar-refractivity contribution is -0.140. The van der Waals surface area contributed by atoms with Gasteiger partial charge in [-0.3, -0.25) is 9.59 Å². The summed E-state index contributed by atoms with van der Waals surface area (Å²) in [5.41, 5.74) is 0.914. The van der Waals surface area contributed by atoms with Crippen molar-refractivity contribution < 1.29 is 29.6 Å². The Balaban J connectivity index is 2.52. The van der Waals surface area contributed by atoms with Crippen molar-refractivity contribution in [2.75, 3.05) is 13.7 Å². The normalized spacial score (nSPS) is 14.1. The van der Waals surface area contributed by atoms with Crippen LogP contribution < -0.4 is 15.4 Å². The van der Waals surface area contributed by atoms with Crippen LogP contribution in [0, 0.1) is 0 Å². The first-order chi connectivity index (χ1) is 13.8. The number of phenols is 1. The molecule has 0 aliphatic heterocycles. The Labute approximate surface area is 172 Å². The number of ether oxygens (including phenoxy) is 1. The van der Waals surface area contributed by atoms with Gasteiger partial charge in [-0.1, -0.05) is 25.8 Å². The Morgan fingerprint density at radius 3 is 2.55 bits per heavy atom. The highest BCUT2D eigenvalue weighted by Gasteiger charge is 2.24. The van der Waals surface area contributed by atoms with Crippen molar-refractivity contribution in [3.63, 3.8) is 0 Å². The number of aliphatic hydroxyl groups is 1. The number of rotatable bonds is 14. The number of benzene rings is 1. The third-order valence-corrected chi connectivity index (χ3v) is 4.77. The van der Waals surface area contributed by atoms with Crippen LogP contribution in [0.25, 0.3) is 0 Å². The van der Waals surface area contributed by atoms with E-state index in [1.807, 2.05) is 13.0 Å². The second-order valence-corrected chi connectivity index (χ2v) is 7.22. The van der Waals surface area contributed by atoms with Crippen molar-refractivity contribution in [3.8, 4) is 11.5 Å². The van der Waals surface area contributed by atoms with Gasteiger partial charge in [0.25, 0.3) is 0 Å². The third-order valence-electron chi connectivity index (χ3n) is 4.77. The zero-order valence-electron chi connectivity index (χ0n) is 17.5. The van der Waals surface area contributed by atoms with E-state index in [0.717, 1.165) is 18.4 Å². The minimum Gasteiger partial charge on any atom is -0.504 e. The van der Waals surface area contributed by atoms with Crippen molar-refractivity contribution in [2.24, 2.45) is 0 Å². The zero-order valence-corrected chi connectivity index (χ0v) is 17.5. The van der Waals surface area contributed by atoms with Crippen molar-refractivity contribution in [1.82, 2.24) is 10.6 Å². The maximum absolute atomic E-state index is 12.5. The van der Waals surface area contributed by atoms with Gasteiger partial charge in [0, 0.05) is 0 Å². The number of carboxylic acid groups (broad SMARTS) is 1. The summed E-state index contributed by atoms with van der Waals surface area (Å²) in [5.74, 6) is -1.04. The molecule has 0 heterocycles. The quantitative estimate of drug-likeness (QED) is 0.296. The summed E-state index contributed by atoms with van der Waals surface area (Å²) < 4.78 is 5.01. The molecule has 0 radical (unpaired) electrons. The zero-order chi connectivity index (χ0) is 21.8. The second-order valence-electron chi connectivity index (χ2n) is 7.22. The molecule has 164 valence electrons. The molecule has 5 N–H and O–H groups in total. The molecular formula is C21H34N2O6. The lowest BCUT2D eigenvalue weighted by Crippen LogP contribution is -2.51. The Morgan fingerprint density at radius 2 is 1.97 bits per heavy atom. The molecule has 0 fully saturated rings. The highest BCUT2D eigenvalue weighted by molar-refractivity contribution is 5.86. The highest BCUT2D eigenvalue weighted by Crippen LogP contribution is 2.26. The van der Waals surface area contributed by atoms with Crippen molar-refractivity contribution in [3.05, 3.63) is 23.8 Å². The van der Waals surface area contributed by atoms with Crippen molar-refractivity contribution >= 4 is 11.9 Å². The fourth-order valence-electron chi connectivity index (χ4n) is 2.98. The minimum atomic E-state index is -1.07. The third kappa shape index (κ3) is 9.15. The van der Waals surface area contributed by atoms with Gasteiger partial charge in [0.2, 0.25) is 5.91 Å². The smallest absolute Gasteiger partial charge is 0.305 e. The molecule has 0 aliphatic rings. The number of methoxy groups -OCH3 is 1. The number of aryl methyl sites for hydroxylation is 1. The fraction of sp³-hybridized carbons (Fsp3) is 0.619. The number of aliphatic hydroxyl groups excluding tert-OH is 1. The number of carbonyl (C=O) groups excluding carboxylic acids is 1. The first-order valence-corrected chi connectivity index (χ1v) is 10.1. The molecule has 0 spiro atoms. The average molecular weight is 411 g/mol. The molecule has 0 aliphatic carbocycles. The van der Waals surface area contributed by atoms with Gasteiger partial charge in [0.1, 0.15) is 0 Å². The molecule has 29 heavy (non-hydrogen) atoms. The van der Waals surface area contributed by atoms with E-state index in [2.05, 4.69) is 10.6 Å². The Morgan fingerprint density at radius 1 is 1.24 bits per heavy atom. The van der Waals surface area contributed by atoms with Crippen LogP contribution in [-0.2, 0) is 16.0 Å². The van der Waals surface area contributed by atoms with E-state index < -0.39 is 30.1 Å². The summed E-state index contributed by atoms with van der Waals surface area (Å²) in [6, 6.07) is 3.83. The van der Waals surface area contributed by atoms with Gasteiger partial charge in [-0.2, -0.15) is 0 Å². The van der Waals surface area contributed by atoms with Crippen LogP contribution in [0.5, 0.6) is 11.5 Å². The number of nitrogens with one attached hydrogen (secondary N) is 2.